The highest BCUT2D eigenvalue weighted by Gasteiger charge is 2.05. The molecular weight excluding hydrogens is 162 g/mol. The van der Waals surface area contributed by atoms with Gasteiger partial charge in [0.25, 0.3) is 0 Å². The average Bonchev–Trinajstić information content (AvgIpc) is 2.46. The van der Waals surface area contributed by atoms with Crippen LogP contribution < -0.4 is 0 Å². The van der Waals surface area contributed by atoms with Crippen LogP contribution in [0.25, 0.3) is 0 Å². The zero-order valence-corrected chi connectivity index (χ0v) is 9.04. The van der Waals surface area contributed by atoms with Gasteiger partial charge >= 0.3 is 0 Å². The van der Waals surface area contributed by atoms with Crippen molar-refractivity contribution in [3.63, 3.8) is 0 Å². The molecule has 13 heavy (non-hydrogen) atoms. The molecule has 1 aromatic heterocycles. The van der Waals surface area contributed by atoms with Gasteiger partial charge in [0.1, 0.15) is 5.82 Å². The third kappa shape index (κ3) is 2.56. The fourth-order valence-electron chi connectivity index (χ4n) is 1.37. The minimum absolute atomic E-state index is 0.924. The summed E-state index contributed by atoms with van der Waals surface area (Å²) in [6, 6.07) is 0. The second-order valence-electron chi connectivity index (χ2n) is 3.53. The summed E-state index contributed by atoms with van der Waals surface area (Å²) in [6.45, 7) is 6.23. The van der Waals surface area contributed by atoms with Gasteiger partial charge in [-0.2, -0.15) is 0 Å². The van der Waals surface area contributed by atoms with Crippen molar-refractivity contribution in [1.29, 1.82) is 0 Å². The first-order valence-electron chi connectivity index (χ1n) is 4.87. The van der Waals surface area contributed by atoms with E-state index in [1.165, 1.54) is 11.5 Å². The molecule has 1 heterocycles. The highest BCUT2D eigenvalue weighted by molar-refractivity contribution is 5.03. The average molecular weight is 181 g/mol. The molecule has 0 spiro atoms. The second kappa shape index (κ2) is 4.42. The van der Waals surface area contributed by atoms with Crippen molar-refractivity contribution >= 4 is 0 Å². The lowest BCUT2D eigenvalue weighted by Crippen LogP contribution is -2.15. The van der Waals surface area contributed by atoms with Gasteiger partial charge in [-0.15, -0.1) is 0 Å². The zero-order valence-electron chi connectivity index (χ0n) is 9.04. The van der Waals surface area contributed by atoms with Gasteiger partial charge in [0.05, 0.1) is 12.2 Å². The molecule has 74 valence electrons. The second-order valence-corrected chi connectivity index (χ2v) is 3.53. The monoisotopic (exact) mass is 181 g/mol. The van der Waals surface area contributed by atoms with Gasteiger partial charge in [0.15, 0.2) is 0 Å². The molecule has 0 atom stereocenters. The Morgan fingerprint density at radius 3 is 2.54 bits per heavy atom. The van der Waals surface area contributed by atoms with E-state index in [-0.39, 0.29) is 0 Å². The third-order valence-corrected chi connectivity index (χ3v) is 2.07. The Morgan fingerprint density at radius 2 is 2.08 bits per heavy atom. The van der Waals surface area contributed by atoms with Crippen LogP contribution >= 0.6 is 0 Å². The van der Waals surface area contributed by atoms with Crippen LogP contribution in [0, 0.1) is 0 Å². The molecular formula is C10H19N3. The van der Waals surface area contributed by atoms with Crippen molar-refractivity contribution < 1.29 is 0 Å². The highest BCUT2D eigenvalue weighted by atomic mass is 15.1. The van der Waals surface area contributed by atoms with Crippen LogP contribution in [-0.4, -0.2) is 28.5 Å². The number of rotatable bonds is 4. The Labute approximate surface area is 80.4 Å². The molecule has 0 aromatic carbocycles. The summed E-state index contributed by atoms with van der Waals surface area (Å²) in [5.41, 5.74) is 1.19. The van der Waals surface area contributed by atoms with E-state index in [1.54, 1.807) is 0 Å². The smallest absolute Gasteiger partial charge is 0.123 e. The van der Waals surface area contributed by atoms with Crippen LogP contribution in [-0.2, 0) is 19.5 Å². The Hall–Kier alpha value is -0.830. The molecule has 0 N–H and O–H groups in total. The molecule has 0 fully saturated rings. The molecule has 0 bridgehead atoms. The molecule has 0 aliphatic carbocycles. The number of aromatic nitrogens is 2. The van der Waals surface area contributed by atoms with Crippen LogP contribution in [0.1, 0.15) is 25.4 Å². The van der Waals surface area contributed by atoms with E-state index >= 15 is 0 Å². The number of aryl methyl sites for hydroxylation is 2. The third-order valence-electron chi connectivity index (χ3n) is 2.07. The Bertz CT molecular complexity index is 263. The molecule has 0 amide bonds. The van der Waals surface area contributed by atoms with E-state index < -0.39 is 0 Å². The van der Waals surface area contributed by atoms with E-state index in [9.17, 15) is 0 Å². The minimum atomic E-state index is 0.924. The first-order chi connectivity index (χ1) is 6.17. The van der Waals surface area contributed by atoms with Crippen LogP contribution in [0.15, 0.2) is 6.20 Å². The van der Waals surface area contributed by atoms with Crippen LogP contribution in [0.2, 0.25) is 0 Å². The highest BCUT2D eigenvalue weighted by Crippen LogP contribution is 2.05. The molecule has 3 heteroatoms. The quantitative estimate of drug-likeness (QED) is 0.702. The largest absolute Gasteiger partial charge is 0.334 e. The molecule has 0 saturated carbocycles. The van der Waals surface area contributed by atoms with Crippen molar-refractivity contribution in [3.8, 4) is 0 Å². The summed E-state index contributed by atoms with van der Waals surface area (Å²) >= 11 is 0. The summed E-state index contributed by atoms with van der Waals surface area (Å²) in [5, 5.41) is 0. The molecule has 1 aromatic rings. The molecule has 0 saturated heterocycles. The van der Waals surface area contributed by atoms with Crippen LogP contribution in [0.5, 0.6) is 0 Å². The van der Waals surface area contributed by atoms with Crippen molar-refractivity contribution in [2.24, 2.45) is 0 Å². The van der Waals surface area contributed by atoms with Crippen molar-refractivity contribution in [3.05, 3.63) is 17.7 Å². The lowest BCUT2D eigenvalue weighted by atomic mass is 10.4. The summed E-state index contributed by atoms with van der Waals surface area (Å²) in [6.07, 6.45) is 3.17. The standard InChI is InChI=1S/C10H19N3/c1-5-9-7-13(6-2)10(11-9)8-12(3)4/h7H,5-6,8H2,1-4H3. The van der Waals surface area contributed by atoms with Gasteiger partial charge in [-0.25, -0.2) is 4.98 Å². The SMILES string of the molecule is CCc1cn(CC)c(CN(C)C)n1. The van der Waals surface area contributed by atoms with Gasteiger partial charge in [-0.1, -0.05) is 6.92 Å². The van der Waals surface area contributed by atoms with Gasteiger partial charge < -0.3 is 9.47 Å². The fourth-order valence-corrected chi connectivity index (χ4v) is 1.37. The van der Waals surface area contributed by atoms with Crippen LogP contribution in [0.3, 0.4) is 0 Å². The maximum Gasteiger partial charge on any atom is 0.123 e. The Balaban J connectivity index is 2.84. The molecule has 0 unspecified atom stereocenters. The zero-order chi connectivity index (χ0) is 9.84. The summed E-state index contributed by atoms with van der Waals surface area (Å²) in [5.74, 6) is 1.17. The molecule has 1 rings (SSSR count). The topological polar surface area (TPSA) is 21.1 Å². The van der Waals surface area contributed by atoms with E-state index in [0.29, 0.717) is 0 Å². The van der Waals surface area contributed by atoms with Gasteiger partial charge in [-0.3, -0.25) is 0 Å². The van der Waals surface area contributed by atoms with Gasteiger partial charge in [0.2, 0.25) is 0 Å². The van der Waals surface area contributed by atoms with Gasteiger partial charge in [0, 0.05) is 12.7 Å². The summed E-state index contributed by atoms with van der Waals surface area (Å²) in [7, 11) is 4.14. The normalized spacial score (nSPS) is 11.2. The summed E-state index contributed by atoms with van der Waals surface area (Å²) < 4.78 is 2.22. The number of imidazole rings is 1. The first-order valence-corrected chi connectivity index (χ1v) is 4.87. The number of hydrogen-bond donors (Lipinski definition) is 0. The van der Waals surface area contributed by atoms with Crippen molar-refractivity contribution in [2.75, 3.05) is 14.1 Å². The van der Waals surface area contributed by atoms with Crippen molar-refractivity contribution in [2.45, 2.75) is 33.4 Å². The molecule has 3 nitrogen and oxygen atoms in total. The number of hydrogen-bond acceptors (Lipinski definition) is 2. The maximum absolute atomic E-state index is 4.56. The molecule has 0 aliphatic rings. The first kappa shape index (κ1) is 10.3. The lowest BCUT2D eigenvalue weighted by Gasteiger charge is -2.09. The van der Waals surface area contributed by atoms with E-state index in [4.69, 9.17) is 0 Å². The predicted octanol–water partition coefficient (Wildman–Crippen LogP) is 1.53. The Morgan fingerprint density at radius 1 is 1.38 bits per heavy atom. The Kier molecular flexibility index (Phi) is 3.48. The van der Waals surface area contributed by atoms with Crippen LogP contribution in [0.4, 0.5) is 0 Å². The predicted molar refractivity (Wildman–Crippen MR) is 54.7 cm³/mol. The van der Waals surface area contributed by atoms with Crippen molar-refractivity contribution in [1.82, 2.24) is 14.5 Å². The minimum Gasteiger partial charge on any atom is -0.334 e. The van der Waals surface area contributed by atoms with E-state index in [0.717, 1.165) is 19.5 Å². The van der Waals surface area contributed by atoms with E-state index in [2.05, 4.69) is 48.6 Å². The maximum atomic E-state index is 4.56. The molecule has 0 aliphatic heterocycles. The van der Waals surface area contributed by atoms with Gasteiger partial charge in [-0.05, 0) is 27.4 Å². The number of nitrogens with zero attached hydrogens (tertiary/aromatic N) is 3. The summed E-state index contributed by atoms with van der Waals surface area (Å²) in [4.78, 5) is 6.71. The van der Waals surface area contributed by atoms with E-state index in [1.807, 2.05) is 0 Å². The molecule has 0 radical (unpaired) electrons. The fraction of sp³-hybridized carbons (Fsp3) is 0.700. The lowest BCUT2D eigenvalue weighted by molar-refractivity contribution is 0.381.